The quantitative estimate of drug-likeness (QED) is 0.185. The molecule has 1 aliphatic rings. The molecule has 1 heterocycles. The highest BCUT2D eigenvalue weighted by molar-refractivity contribution is 7.25. The molecule has 1 nitrogen and oxygen atoms in total. The summed E-state index contributed by atoms with van der Waals surface area (Å²) in [6.07, 6.45) is 0. The summed E-state index contributed by atoms with van der Waals surface area (Å²) in [5.74, 6) is 0. The zero-order chi connectivity index (χ0) is 31.5. The molecule has 47 heavy (non-hydrogen) atoms. The fourth-order valence-electron chi connectivity index (χ4n) is 7.52. The second kappa shape index (κ2) is 10.8. The van der Waals surface area contributed by atoms with Crippen molar-refractivity contribution in [3.8, 4) is 33.4 Å². The standard InChI is InChI=1S/C45H33NS/c1-45(2)40-16-8-6-13-37(40)38-28-27-35(29-41(38)45)46(33-23-19-31(20-24-33)30-11-4-3-5-12-30)34-25-21-32(22-26-34)36-15-10-18-43-44(36)39-14-7-9-17-42(39)47-43/h3-29H,1-2H3. The van der Waals surface area contributed by atoms with Crippen LogP contribution in [0, 0.1) is 0 Å². The Morgan fingerprint density at radius 1 is 0.426 bits per heavy atom. The van der Waals surface area contributed by atoms with Crippen molar-refractivity contribution in [3.63, 3.8) is 0 Å². The van der Waals surface area contributed by atoms with Gasteiger partial charge in [0, 0.05) is 42.6 Å². The van der Waals surface area contributed by atoms with Gasteiger partial charge in [0.05, 0.1) is 0 Å². The van der Waals surface area contributed by atoms with Gasteiger partial charge in [-0.15, -0.1) is 11.3 Å². The molecular formula is C45H33NS. The molecule has 0 saturated carbocycles. The maximum absolute atomic E-state index is 2.41. The summed E-state index contributed by atoms with van der Waals surface area (Å²) in [5.41, 5.74) is 13.8. The van der Waals surface area contributed by atoms with Gasteiger partial charge in [-0.25, -0.2) is 0 Å². The normalized spacial score (nSPS) is 13.1. The Balaban J connectivity index is 1.17. The molecule has 0 radical (unpaired) electrons. The fourth-order valence-corrected chi connectivity index (χ4v) is 8.65. The molecule has 0 N–H and O–H groups in total. The molecule has 0 spiro atoms. The van der Waals surface area contributed by atoms with Crippen LogP contribution >= 0.6 is 11.3 Å². The van der Waals surface area contributed by atoms with Crippen LogP contribution in [-0.4, -0.2) is 0 Å². The molecule has 0 bridgehead atoms. The summed E-state index contributed by atoms with van der Waals surface area (Å²) >= 11 is 1.87. The number of nitrogens with zero attached hydrogens (tertiary/aromatic N) is 1. The smallest absolute Gasteiger partial charge is 0.0465 e. The van der Waals surface area contributed by atoms with Gasteiger partial charge in [0.2, 0.25) is 0 Å². The zero-order valence-corrected chi connectivity index (χ0v) is 27.3. The largest absolute Gasteiger partial charge is 0.310 e. The third kappa shape index (κ3) is 4.52. The number of benzene rings is 7. The lowest BCUT2D eigenvalue weighted by molar-refractivity contribution is 0.660. The molecule has 224 valence electrons. The Morgan fingerprint density at radius 3 is 1.79 bits per heavy atom. The molecule has 0 amide bonds. The minimum absolute atomic E-state index is 0.0728. The number of hydrogen-bond donors (Lipinski definition) is 0. The number of thiophene rings is 1. The summed E-state index contributed by atoms with van der Waals surface area (Å²) in [6.45, 7) is 4.70. The van der Waals surface area contributed by atoms with Crippen molar-refractivity contribution in [2.75, 3.05) is 4.90 Å². The van der Waals surface area contributed by atoms with Crippen LogP contribution < -0.4 is 4.90 Å². The van der Waals surface area contributed by atoms with Crippen molar-refractivity contribution in [1.82, 2.24) is 0 Å². The first kappa shape index (κ1) is 27.8. The van der Waals surface area contributed by atoms with E-state index in [4.69, 9.17) is 0 Å². The van der Waals surface area contributed by atoms with Crippen LogP contribution in [0.5, 0.6) is 0 Å². The molecular weight excluding hydrogens is 587 g/mol. The maximum atomic E-state index is 2.41. The third-order valence-electron chi connectivity index (χ3n) is 9.90. The van der Waals surface area contributed by atoms with Gasteiger partial charge < -0.3 is 4.90 Å². The highest BCUT2D eigenvalue weighted by Crippen LogP contribution is 2.51. The SMILES string of the molecule is CC1(C)c2ccccc2-c2ccc(N(c3ccc(-c4ccccc4)cc3)c3ccc(-c4cccc5sc6ccccc6c45)cc3)cc21. The van der Waals surface area contributed by atoms with Gasteiger partial charge in [-0.2, -0.15) is 0 Å². The zero-order valence-electron chi connectivity index (χ0n) is 26.4. The summed E-state index contributed by atoms with van der Waals surface area (Å²) in [7, 11) is 0. The van der Waals surface area contributed by atoms with Gasteiger partial charge in [0.25, 0.3) is 0 Å². The van der Waals surface area contributed by atoms with Crippen molar-refractivity contribution < 1.29 is 0 Å². The molecule has 2 heteroatoms. The first-order chi connectivity index (χ1) is 23.1. The molecule has 9 rings (SSSR count). The minimum Gasteiger partial charge on any atom is -0.310 e. The molecule has 0 unspecified atom stereocenters. The van der Waals surface area contributed by atoms with E-state index in [1.165, 1.54) is 64.7 Å². The molecule has 1 aromatic heterocycles. The Labute approximate surface area is 280 Å². The van der Waals surface area contributed by atoms with Gasteiger partial charge in [0.1, 0.15) is 0 Å². The Bertz CT molecular complexity index is 2410. The van der Waals surface area contributed by atoms with Gasteiger partial charge in [-0.3, -0.25) is 0 Å². The van der Waals surface area contributed by atoms with Crippen LogP contribution in [-0.2, 0) is 5.41 Å². The lowest BCUT2D eigenvalue weighted by Gasteiger charge is -2.28. The molecule has 1 aliphatic carbocycles. The van der Waals surface area contributed by atoms with Crippen LogP contribution in [0.25, 0.3) is 53.6 Å². The van der Waals surface area contributed by atoms with Crippen molar-refractivity contribution in [1.29, 1.82) is 0 Å². The van der Waals surface area contributed by atoms with E-state index in [-0.39, 0.29) is 5.41 Å². The highest BCUT2D eigenvalue weighted by Gasteiger charge is 2.35. The van der Waals surface area contributed by atoms with Gasteiger partial charge in [-0.05, 0) is 93.0 Å². The van der Waals surface area contributed by atoms with Gasteiger partial charge >= 0.3 is 0 Å². The molecule has 7 aromatic carbocycles. The van der Waals surface area contributed by atoms with Crippen LogP contribution in [0.1, 0.15) is 25.0 Å². The fraction of sp³-hybridized carbons (Fsp3) is 0.0667. The number of hydrogen-bond acceptors (Lipinski definition) is 2. The van der Waals surface area contributed by atoms with E-state index in [0.29, 0.717) is 0 Å². The number of rotatable bonds is 5. The molecule has 0 aliphatic heterocycles. The average molecular weight is 620 g/mol. The summed E-state index contributed by atoms with van der Waals surface area (Å²) in [6, 6.07) is 60.0. The lowest BCUT2D eigenvalue weighted by atomic mass is 9.82. The van der Waals surface area contributed by atoms with Crippen LogP contribution in [0.3, 0.4) is 0 Å². The molecule has 0 fully saturated rings. The van der Waals surface area contributed by atoms with Crippen molar-refractivity contribution >= 4 is 48.6 Å². The van der Waals surface area contributed by atoms with E-state index in [1.807, 2.05) is 11.3 Å². The maximum Gasteiger partial charge on any atom is 0.0465 e. The van der Waals surface area contributed by atoms with E-state index in [1.54, 1.807) is 0 Å². The van der Waals surface area contributed by atoms with E-state index in [9.17, 15) is 0 Å². The lowest BCUT2D eigenvalue weighted by Crippen LogP contribution is -2.16. The first-order valence-corrected chi connectivity index (χ1v) is 17.1. The second-order valence-corrected chi connectivity index (χ2v) is 14.1. The van der Waals surface area contributed by atoms with Crippen LogP contribution in [0.15, 0.2) is 164 Å². The summed E-state index contributed by atoms with van der Waals surface area (Å²) in [4.78, 5) is 2.40. The third-order valence-corrected chi connectivity index (χ3v) is 11.0. The van der Waals surface area contributed by atoms with E-state index >= 15 is 0 Å². The van der Waals surface area contributed by atoms with Crippen molar-refractivity contribution in [3.05, 3.63) is 175 Å². The Morgan fingerprint density at radius 2 is 1.00 bits per heavy atom. The second-order valence-electron chi connectivity index (χ2n) is 13.0. The minimum atomic E-state index is -0.0728. The van der Waals surface area contributed by atoms with Gasteiger partial charge in [0.15, 0.2) is 0 Å². The average Bonchev–Trinajstić information content (AvgIpc) is 3.62. The van der Waals surface area contributed by atoms with E-state index < -0.39 is 0 Å². The van der Waals surface area contributed by atoms with E-state index in [2.05, 4.69) is 183 Å². The predicted octanol–water partition coefficient (Wildman–Crippen LogP) is 13.2. The Kier molecular flexibility index (Phi) is 6.41. The van der Waals surface area contributed by atoms with Crippen LogP contribution in [0.4, 0.5) is 17.1 Å². The summed E-state index contributed by atoms with van der Waals surface area (Å²) in [5, 5.41) is 2.67. The van der Waals surface area contributed by atoms with Crippen LogP contribution in [0.2, 0.25) is 0 Å². The van der Waals surface area contributed by atoms with E-state index in [0.717, 1.165) is 17.1 Å². The van der Waals surface area contributed by atoms with Gasteiger partial charge in [-0.1, -0.05) is 129 Å². The first-order valence-electron chi connectivity index (χ1n) is 16.3. The molecule has 0 saturated heterocycles. The number of fused-ring (bicyclic) bond motifs is 6. The van der Waals surface area contributed by atoms with Crippen molar-refractivity contribution in [2.45, 2.75) is 19.3 Å². The Hall–Kier alpha value is -5.44. The number of anilines is 3. The van der Waals surface area contributed by atoms with Crippen molar-refractivity contribution in [2.24, 2.45) is 0 Å². The molecule has 8 aromatic rings. The highest BCUT2D eigenvalue weighted by atomic mass is 32.1. The molecule has 0 atom stereocenters. The summed E-state index contributed by atoms with van der Waals surface area (Å²) < 4.78 is 2.66. The topological polar surface area (TPSA) is 3.24 Å². The predicted molar refractivity (Wildman–Crippen MR) is 202 cm³/mol. The monoisotopic (exact) mass is 619 g/mol.